The summed E-state index contributed by atoms with van der Waals surface area (Å²) in [4.78, 5) is 0. The summed E-state index contributed by atoms with van der Waals surface area (Å²) in [5.41, 5.74) is 0.0583. The Bertz CT molecular complexity index is 406. The van der Waals surface area contributed by atoms with Crippen LogP contribution in [0.2, 0.25) is 0 Å². The molecule has 1 aromatic carbocycles. The van der Waals surface area contributed by atoms with E-state index < -0.39 is 17.5 Å². The molecule has 1 saturated carbocycles. The average molecular weight is 243 g/mol. The van der Waals surface area contributed by atoms with Gasteiger partial charge in [0.15, 0.2) is 11.6 Å². The zero-order valence-electron chi connectivity index (χ0n) is 9.77. The molecule has 0 heterocycles. The molecule has 1 aromatic rings. The van der Waals surface area contributed by atoms with Crippen LogP contribution in [0, 0.1) is 23.4 Å². The second-order valence-corrected chi connectivity index (χ2v) is 4.86. The Morgan fingerprint density at radius 2 is 1.76 bits per heavy atom. The Hall–Kier alpha value is -1.19. The molecule has 0 aliphatic heterocycles. The van der Waals surface area contributed by atoms with Crippen molar-refractivity contribution in [1.82, 2.24) is 0 Å². The van der Waals surface area contributed by atoms with Crippen molar-refractivity contribution in [2.24, 2.45) is 5.92 Å². The largest absolute Gasteiger partial charge is 0.380 e. The highest BCUT2D eigenvalue weighted by Gasteiger charge is 2.20. The van der Waals surface area contributed by atoms with Gasteiger partial charge in [0.1, 0.15) is 5.82 Å². The summed E-state index contributed by atoms with van der Waals surface area (Å²) in [6, 6.07) is 1.63. The first-order valence-electron chi connectivity index (χ1n) is 5.97. The van der Waals surface area contributed by atoms with E-state index in [0.29, 0.717) is 12.0 Å². The number of nitrogens with one attached hydrogen (secondary N) is 1. The predicted octanol–water partition coefficient (Wildman–Crippen LogP) is 4.09. The number of anilines is 1. The fourth-order valence-corrected chi connectivity index (χ4v) is 2.42. The maximum Gasteiger partial charge on any atom is 0.161 e. The molecule has 1 aliphatic carbocycles. The van der Waals surface area contributed by atoms with Crippen molar-refractivity contribution in [3.05, 3.63) is 29.6 Å². The lowest BCUT2D eigenvalue weighted by atomic mass is 9.87. The monoisotopic (exact) mass is 243 g/mol. The molecule has 17 heavy (non-hydrogen) atoms. The molecule has 0 spiro atoms. The lowest BCUT2D eigenvalue weighted by molar-refractivity contribution is 0.357. The Labute approximate surface area is 99.0 Å². The fourth-order valence-electron chi connectivity index (χ4n) is 2.42. The maximum absolute atomic E-state index is 13.4. The molecule has 1 aliphatic rings. The molecule has 1 fully saturated rings. The molecule has 0 aromatic heterocycles. The van der Waals surface area contributed by atoms with Crippen LogP contribution in [-0.4, -0.2) is 6.04 Å². The van der Waals surface area contributed by atoms with E-state index in [2.05, 4.69) is 12.2 Å². The van der Waals surface area contributed by atoms with Crippen LogP contribution in [0.5, 0.6) is 0 Å². The van der Waals surface area contributed by atoms with Gasteiger partial charge in [-0.3, -0.25) is 0 Å². The van der Waals surface area contributed by atoms with E-state index in [4.69, 9.17) is 0 Å². The van der Waals surface area contributed by atoms with Gasteiger partial charge in [-0.2, -0.15) is 0 Å². The summed E-state index contributed by atoms with van der Waals surface area (Å²) < 4.78 is 39.2. The molecule has 1 N–H and O–H groups in total. The van der Waals surface area contributed by atoms with Crippen LogP contribution >= 0.6 is 0 Å². The van der Waals surface area contributed by atoms with Crippen LogP contribution in [0.25, 0.3) is 0 Å². The highest BCUT2D eigenvalue weighted by Crippen LogP contribution is 2.27. The summed E-state index contributed by atoms with van der Waals surface area (Å²) in [6.45, 7) is 2.15. The van der Waals surface area contributed by atoms with Gasteiger partial charge in [-0.25, -0.2) is 13.2 Å². The van der Waals surface area contributed by atoms with Crippen molar-refractivity contribution < 1.29 is 13.2 Å². The molecular formula is C13H16F3N. The van der Waals surface area contributed by atoms with Gasteiger partial charge >= 0.3 is 0 Å². The van der Waals surface area contributed by atoms with Crippen molar-refractivity contribution in [2.75, 3.05) is 5.32 Å². The quantitative estimate of drug-likeness (QED) is 0.771. The average Bonchev–Trinajstić information content (AvgIpc) is 2.26. The van der Waals surface area contributed by atoms with Crippen LogP contribution in [-0.2, 0) is 0 Å². The molecule has 2 rings (SSSR count). The first-order valence-corrected chi connectivity index (χ1v) is 5.97. The summed E-state index contributed by atoms with van der Waals surface area (Å²) >= 11 is 0. The fraction of sp³-hybridized carbons (Fsp3) is 0.538. The Morgan fingerprint density at radius 3 is 2.47 bits per heavy atom. The zero-order valence-corrected chi connectivity index (χ0v) is 9.77. The van der Waals surface area contributed by atoms with Crippen molar-refractivity contribution in [1.29, 1.82) is 0 Å². The SMILES string of the molecule is CC1CCCC(Nc2cc(F)c(F)cc2F)C1. The van der Waals surface area contributed by atoms with Gasteiger partial charge in [0, 0.05) is 18.2 Å². The maximum atomic E-state index is 13.4. The van der Waals surface area contributed by atoms with E-state index in [-0.39, 0.29) is 11.7 Å². The smallest absolute Gasteiger partial charge is 0.161 e. The van der Waals surface area contributed by atoms with E-state index in [1.54, 1.807) is 0 Å². The summed E-state index contributed by atoms with van der Waals surface area (Å²) in [5, 5.41) is 2.97. The minimum absolute atomic E-state index is 0.0583. The van der Waals surface area contributed by atoms with E-state index in [9.17, 15) is 13.2 Å². The third-order valence-electron chi connectivity index (χ3n) is 3.31. The molecule has 0 saturated heterocycles. The highest BCUT2D eigenvalue weighted by molar-refractivity contribution is 5.46. The Morgan fingerprint density at radius 1 is 1.06 bits per heavy atom. The zero-order chi connectivity index (χ0) is 12.4. The number of halogens is 3. The number of benzene rings is 1. The van der Waals surface area contributed by atoms with E-state index >= 15 is 0 Å². The van der Waals surface area contributed by atoms with Crippen molar-refractivity contribution in [3.8, 4) is 0 Å². The Kier molecular flexibility index (Phi) is 3.60. The van der Waals surface area contributed by atoms with Gasteiger partial charge in [0.2, 0.25) is 0 Å². The van der Waals surface area contributed by atoms with Gasteiger partial charge in [0.05, 0.1) is 5.69 Å². The van der Waals surface area contributed by atoms with Crippen molar-refractivity contribution in [2.45, 2.75) is 38.6 Å². The molecule has 94 valence electrons. The standard InChI is InChI=1S/C13H16F3N/c1-8-3-2-4-9(5-8)17-13-7-11(15)10(14)6-12(13)16/h6-9,17H,2-5H2,1H3. The summed E-state index contributed by atoms with van der Waals surface area (Å²) in [7, 11) is 0. The summed E-state index contributed by atoms with van der Waals surface area (Å²) in [6.07, 6.45) is 4.16. The first kappa shape index (κ1) is 12.3. The number of hydrogen-bond donors (Lipinski definition) is 1. The minimum atomic E-state index is -1.15. The van der Waals surface area contributed by atoms with Gasteiger partial charge in [-0.1, -0.05) is 19.8 Å². The van der Waals surface area contributed by atoms with Crippen LogP contribution in [0.3, 0.4) is 0 Å². The topological polar surface area (TPSA) is 12.0 Å². The van der Waals surface area contributed by atoms with Crippen molar-refractivity contribution in [3.63, 3.8) is 0 Å². The Balaban J connectivity index is 2.10. The molecule has 0 radical (unpaired) electrons. The molecule has 0 bridgehead atoms. The minimum Gasteiger partial charge on any atom is -0.380 e. The third kappa shape index (κ3) is 2.93. The normalized spacial score (nSPS) is 24.7. The van der Waals surface area contributed by atoms with Crippen LogP contribution in [0.15, 0.2) is 12.1 Å². The van der Waals surface area contributed by atoms with Gasteiger partial charge in [-0.15, -0.1) is 0 Å². The number of hydrogen-bond acceptors (Lipinski definition) is 1. The molecule has 2 unspecified atom stereocenters. The van der Waals surface area contributed by atoms with Crippen molar-refractivity contribution >= 4 is 5.69 Å². The summed E-state index contributed by atoms with van der Waals surface area (Å²) in [5.74, 6) is -2.31. The predicted molar refractivity (Wildman–Crippen MR) is 61.4 cm³/mol. The molecular weight excluding hydrogens is 227 g/mol. The third-order valence-corrected chi connectivity index (χ3v) is 3.31. The molecule has 4 heteroatoms. The molecule has 1 nitrogen and oxygen atoms in total. The van der Waals surface area contributed by atoms with Crippen LogP contribution < -0.4 is 5.32 Å². The second kappa shape index (κ2) is 4.98. The molecule has 0 amide bonds. The lowest BCUT2D eigenvalue weighted by Crippen LogP contribution is -2.26. The first-order chi connectivity index (χ1) is 8.06. The lowest BCUT2D eigenvalue weighted by Gasteiger charge is -2.28. The number of rotatable bonds is 2. The molecule has 2 atom stereocenters. The van der Waals surface area contributed by atoms with Gasteiger partial charge < -0.3 is 5.32 Å². The van der Waals surface area contributed by atoms with Crippen LogP contribution in [0.1, 0.15) is 32.6 Å². The second-order valence-electron chi connectivity index (χ2n) is 4.86. The highest BCUT2D eigenvalue weighted by atomic mass is 19.2. The van der Waals surface area contributed by atoms with E-state index in [1.807, 2.05) is 0 Å². The van der Waals surface area contributed by atoms with Gasteiger partial charge in [-0.05, 0) is 18.8 Å². The van der Waals surface area contributed by atoms with E-state index in [0.717, 1.165) is 25.3 Å². The van der Waals surface area contributed by atoms with E-state index in [1.165, 1.54) is 6.42 Å². The van der Waals surface area contributed by atoms with Gasteiger partial charge in [0.25, 0.3) is 0 Å². The van der Waals surface area contributed by atoms with Crippen LogP contribution in [0.4, 0.5) is 18.9 Å².